The van der Waals surface area contributed by atoms with Crippen molar-refractivity contribution in [1.29, 1.82) is 0 Å². The Labute approximate surface area is 103 Å². The van der Waals surface area contributed by atoms with Crippen molar-refractivity contribution >= 4 is 6.09 Å². The highest BCUT2D eigenvalue weighted by Gasteiger charge is 2.46. The van der Waals surface area contributed by atoms with Gasteiger partial charge in [-0.1, -0.05) is 0 Å². The topological polar surface area (TPSA) is 64.8 Å². The van der Waals surface area contributed by atoms with Gasteiger partial charge in [-0.3, -0.25) is 4.90 Å². The van der Waals surface area contributed by atoms with Gasteiger partial charge in [0.1, 0.15) is 11.3 Å². The maximum atomic E-state index is 12.2. The van der Waals surface area contributed by atoms with E-state index in [-0.39, 0.29) is 18.2 Å². The molecule has 1 saturated heterocycles. The lowest BCUT2D eigenvalue weighted by molar-refractivity contribution is -0.0630. The average Bonchev–Trinajstić information content (AvgIpc) is 2.37. The van der Waals surface area contributed by atoms with Gasteiger partial charge in [0.15, 0.2) is 0 Å². The lowest BCUT2D eigenvalue weighted by atomic mass is 10.1. The summed E-state index contributed by atoms with van der Waals surface area (Å²) in [5.74, 6) is 0. The van der Waals surface area contributed by atoms with Crippen LogP contribution in [0.25, 0.3) is 0 Å². The Morgan fingerprint density at radius 2 is 2.06 bits per heavy atom. The Morgan fingerprint density at radius 3 is 2.47 bits per heavy atom. The number of nitrogens with zero attached hydrogens (tertiary/aromatic N) is 1. The molecule has 100 valence electrons. The minimum absolute atomic E-state index is 0.139. The summed E-state index contributed by atoms with van der Waals surface area (Å²) in [5.41, 5.74) is 4.70. The van der Waals surface area contributed by atoms with Gasteiger partial charge < -0.3 is 15.2 Å². The van der Waals surface area contributed by atoms with E-state index < -0.39 is 11.3 Å². The number of nitrogens with two attached hydrogens (primary N) is 1. The molecule has 0 radical (unpaired) electrons. The van der Waals surface area contributed by atoms with E-state index in [2.05, 4.69) is 0 Å². The SMILES string of the molecule is C[C@@H](N)[C@@H]1COC(C)(C)N1C(=O)OC(C)(C)C. The quantitative estimate of drug-likeness (QED) is 0.762. The molecule has 5 nitrogen and oxygen atoms in total. The number of carbonyl (C=O) groups is 1. The Balaban J connectivity index is 2.87. The summed E-state index contributed by atoms with van der Waals surface area (Å²) in [5, 5.41) is 0. The van der Waals surface area contributed by atoms with E-state index in [1.807, 2.05) is 41.5 Å². The molecule has 0 unspecified atom stereocenters. The van der Waals surface area contributed by atoms with Crippen LogP contribution in [0.2, 0.25) is 0 Å². The van der Waals surface area contributed by atoms with Crippen LogP contribution in [0, 0.1) is 0 Å². The third kappa shape index (κ3) is 3.33. The largest absolute Gasteiger partial charge is 0.444 e. The number of ether oxygens (including phenoxy) is 2. The number of amides is 1. The summed E-state index contributed by atoms with van der Waals surface area (Å²) in [6, 6.07) is -0.288. The molecule has 0 spiro atoms. The molecular weight excluding hydrogens is 220 g/mol. The van der Waals surface area contributed by atoms with E-state index in [0.29, 0.717) is 6.61 Å². The number of hydrogen-bond acceptors (Lipinski definition) is 4. The highest BCUT2D eigenvalue weighted by Crippen LogP contribution is 2.30. The molecular formula is C12H24N2O3. The Morgan fingerprint density at radius 1 is 1.53 bits per heavy atom. The number of carbonyl (C=O) groups excluding carboxylic acids is 1. The first-order chi connectivity index (χ1) is 7.54. The van der Waals surface area contributed by atoms with E-state index in [0.717, 1.165) is 0 Å². The van der Waals surface area contributed by atoms with Gasteiger partial charge in [0, 0.05) is 6.04 Å². The van der Waals surface area contributed by atoms with Crippen molar-refractivity contribution in [3.8, 4) is 0 Å². The van der Waals surface area contributed by atoms with Crippen molar-refractivity contribution in [3.05, 3.63) is 0 Å². The Kier molecular flexibility index (Phi) is 3.74. The van der Waals surface area contributed by atoms with Crippen molar-refractivity contribution in [3.63, 3.8) is 0 Å². The Bertz CT molecular complexity index is 295. The highest BCUT2D eigenvalue weighted by molar-refractivity contribution is 5.69. The van der Waals surface area contributed by atoms with Crippen LogP contribution in [0.15, 0.2) is 0 Å². The predicted octanol–water partition coefficient (Wildman–Crippen LogP) is 1.71. The second-order valence-corrected chi connectivity index (χ2v) is 6.03. The van der Waals surface area contributed by atoms with E-state index >= 15 is 0 Å². The first kappa shape index (κ1) is 14.3. The molecule has 1 fully saturated rings. The standard InChI is InChI=1S/C12H24N2O3/c1-8(13)9-7-16-12(5,6)14(9)10(15)17-11(2,3)4/h8-9H,7,13H2,1-6H3/t8-,9+/m1/s1. The molecule has 0 aliphatic carbocycles. The molecule has 17 heavy (non-hydrogen) atoms. The molecule has 1 rings (SSSR count). The van der Waals surface area contributed by atoms with Crippen LogP contribution in [0.4, 0.5) is 4.79 Å². The van der Waals surface area contributed by atoms with Gasteiger partial charge in [0.25, 0.3) is 0 Å². The first-order valence-electron chi connectivity index (χ1n) is 5.96. The van der Waals surface area contributed by atoms with Crippen molar-refractivity contribution < 1.29 is 14.3 Å². The monoisotopic (exact) mass is 244 g/mol. The third-order valence-electron chi connectivity index (χ3n) is 2.72. The van der Waals surface area contributed by atoms with E-state index in [1.165, 1.54) is 0 Å². The van der Waals surface area contributed by atoms with Crippen LogP contribution in [0.1, 0.15) is 41.5 Å². The summed E-state index contributed by atoms with van der Waals surface area (Å²) in [7, 11) is 0. The third-order valence-corrected chi connectivity index (χ3v) is 2.72. The first-order valence-corrected chi connectivity index (χ1v) is 5.96. The van der Waals surface area contributed by atoms with E-state index in [1.54, 1.807) is 4.90 Å². The van der Waals surface area contributed by atoms with Crippen molar-refractivity contribution in [2.45, 2.75) is 65.0 Å². The molecule has 1 aliphatic heterocycles. The van der Waals surface area contributed by atoms with Crippen molar-refractivity contribution in [1.82, 2.24) is 4.90 Å². The summed E-state index contributed by atoms with van der Waals surface area (Å²) >= 11 is 0. The van der Waals surface area contributed by atoms with E-state index in [9.17, 15) is 4.79 Å². The molecule has 5 heteroatoms. The molecule has 0 aromatic carbocycles. The summed E-state index contributed by atoms with van der Waals surface area (Å²) < 4.78 is 11.0. The van der Waals surface area contributed by atoms with Crippen LogP contribution in [0.5, 0.6) is 0 Å². The summed E-state index contributed by atoms with van der Waals surface area (Å²) in [6.07, 6.45) is -0.373. The zero-order chi connectivity index (χ0) is 13.4. The molecule has 0 aromatic rings. The number of rotatable bonds is 1. The zero-order valence-electron chi connectivity index (χ0n) is 11.6. The fourth-order valence-corrected chi connectivity index (χ4v) is 1.89. The van der Waals surface area contributed by atoms with Crippen molar-refractivity contribution in [2.75, 3.05) is 6.61 Å². The molecule has 1 aliphatic rings. The number of hydrogen-bond donors (Lipinski definition) is 1. The van der Waals surface area contributed by atoms with Gasteiger partial charge in [-0.2, -0.15) is 0 Å². The van der Waals surface area contributed by atoms with Crippen LogP contribution >= 0.6 is 0 Å². The highest BCUT2D eigenvalue weighted by atomic mass is 16.6. The van der Waals surface area contributed by atoms with Crippen LogP contribution < -0.4 is 5.73 Å². The smallest absolute Gasteiger partial charge is 0.412 e. The van der Waals surface area contributed by atoms with Crippen LogP contribution in [0.3, 0.4) is 0 Å². The van der Waals surface area contributed by atoms with Gasteiger partial charge >= 0.3 is 6.09 Å². The molecule has 2 atom stereocenters. The lowest BCUT2D eigenvalue weighted by Gasteiger charge is -2.36. The van der Waals surface area contributed by atoms with Gasteiger partial charge in [-0.05, 0) is 41.5 Å². The fraction of sp³-hybridized carbons (Fsp3) is 0.917. The minimum atomic E-state index is -0.666. The summed E-state index contributed by atoms with van der Waals surface area (Å²) in [4.78, 5) is 13.8. The van der Waals surface area contributed by atoms with Crippen molar-refractivity contribution in [2.24, 2.45) is 5.73 Å². The summed E-state index contributed by atoms with van der Waals surface area (Å²) in [6.45, 7) is 11.5. The van der Waals surface area contributed by atoms with Gasteiger partial charge in [0.2, 0.25) is 0 Å². The molecule has 1 heterocycles. The maximum Gasteiger partial charge on any atom is 0.412 e. The minimum Gasteiger partial charge on any atom is -0.444 e. The second-order valence-electron chi connectivity index (χ2n) is 6.03. The molecule has 0 saturated carbocycles. The Hall–Kier alpha value is -0.810. The van der Waals surface area contributed by atoms with Crippen LogP contribution in [-0.2, 0) is 9.47 Å². The van der Waals surface area contributed by atoms with Gasteiger partial charge in [-0.25, -0.2) is 4.79 Å². The normalized spacial score (nSPS) is 25.8. The second kappa shape index (κ2) is 4.46. The average molecular weight is 244 g/mol. The molecule has 2 N–H and O–H groups in total. The lowest BCUT2D eigenvalue weighted by Crippen LogP contribution is -2.54. The maximum absolute atomic E-state index is 12.2. The zero-order valence-corrected chi connectivity index (χ0v) is 11.6. The molecule has 1 amide bonds. The fourth-order valence-electron chi connectivity index (χ4n) is 1.89. The molecule has 0 aromatic heterocycles. The van der Waals surface area contributed by atoms with Crippen LogP contribution in [-0.4, -0.2) is 41.0 Å². The van der Waals surface area contributed by atoms with E-state index in [4.69, 9.17) is 15.2 Å². The predicted molar refractivity (Wildman–Crippen MR) is 65.5 cm³/mol. The molecule has 0 bridgehead atoms. The van der Waals surface area contributed by atoms with Gasteiger partial charge in [-0.15, -0.1) is 0 Å². The van der Waals surface area contributed by atoms with Gasteiger partial charge in [0.05, 0.1) is 12.6 Å².